The number of fused-ring (bicyclic) bond motifs is 1. The van der Waals surface area contributed by atoms with Crippen LogP contribution in [0.4, 0.5) is 10.1 Å². The number of non-ortho nitro benzene ring substituents is 1. The fourth-order valence-electron chi connectivity index (χ4n) is 4.37. The Morgan fingerprint density at radius 3 is 2.38 bits per heavy atom. The number of carbonyl (C=O) groups excluding carboxylic acids is 1. The predicted octanol–water partition coefficient (Wildman–Crippen LogP) is 6.06. The number of amides is 1. The zero-order valence-electron chi connectivity index (χ0n) is 18.5. The van der Waals surface area contributed by atoms with Gasteiger partial charge < -0.3 is 4.74 Å². The number of ether oxygens (including phenoxy) is 1. The summed E-state index contributed by atoms with van der Waals surface area (Å²) in [6.07, 6.45) is 2.02. The molecule has 0 radical (unpaired) electrons. The largest absolute Gasteiger partial charge is 0.346 e. The van der Waals surface area contributed by atoms with E-state index in [4.69, 9.17) is 16.3 Å². The van der Waals surface area contributed by atoms with E-state index < -0.39 is 16.5 Å². The van der Waals surface area contributed by atoms with Crippen LogP contribution in [0.2, 0.25) is 5.02 Å². The van der Waals surface area contributed by atoms with Gasteiger partial charge in [0, 0.05) is 40.4 Å². The summed E-state index contributed by atoms with van der Waals surface area (Å²) in [4.78, 5) is 25.8. The topological polar surface area (TPSA) is 72.7 Å². The molecule has 3 aromatic rings. The van der Waals surface area contributed by atoms with Gasteiger partial charge in [0.05, 0.1) is 11.5 Å². The third kappa shape index (κ3) is 3.85. The lowest BCUT2D eigenvalue weighted by Crippen LogP contribution is -2.47. The highest BCUT2D eigenvalue weighted by atomic mass is 35.5. The van der Waals surface area contributed by atoms with Gasteiger partial charge in [-0.1, -0.05) is 42.8 Å². The van der Waals surface area contributed by atoms with Crippen molar-refractivity contribution in [1.29, 1.82) is 0 Å². The fraction of sp³-hybridized carbons (Fsp3) is 0.269. The third-order valence-electron chi connectivity index (χ3n) is 6.66. The van der Waals surface area contributed by atoms with Crippen LogP contribution in [0.25, 0.3) is 0 Å². The molecule has 0 aromatic heterocycles. The summed E-state index contributed by atoms with van der Waals surface area (Å²) >= 11 is 6.15. The van der Waals surface area contributed by atoms with Crippen LogP contribution >= 0.6 is 11.6 Å². The second kappa shape index (κ2) is 8.18. The van der Waals surface area contributed by atoms with E-state index in [1.807, 2.05) is 0 Å². The van der Waals surface area contributed by atoms with Crippen LogP contribution in [0.1, 0.15) is 46.8 Å². The first kappa shape index (κ1) is 22.5. The summed E-state index contributed by atoms with van der Waals surface area (Å²) < 4.78 is 21.1. The van der Waals surface area contributed by atoms with E-state index in [2.05, 4.69) is 6.92 Å². The zero-order chi connectivity index (χ0) is 24.1. The number of nitrogens with zero attached hydrogens (tertiary/aromatic N) is 2. The number of nitro groups is 1. The fourth-order valence-corrected chi connectivity index (χ4v) is 4.49. The average molecular weight is 481 g/mol. The van der Waals surface area contributed by atoms with Crippen molar-refractivity contribution < 1.29 is 18.8 Å². The van der Waals surface area contributed by atoms with Gasteiger partial charge in [-0.25, -0.2) is 4.39 Å². The Kier molecular flexibility index (Phi) is 5.41. The molecule has 0 saturated heterocycles. The molecule has 1 saturated carbocycles. The molecule has 3 aromatic carbocycles. The van der Waals surface area contributed by atoms with Crippen molar-refractivity contribution in [3.05, 3.63) is 110 Å². The minimum atomic E-state index is -1.37. The van der Waals surface area contributed by atoms with E-state index in [0.717, 1.165) is 12.8 Å². The maximum absolute atomic E-state index is 14.5. The van der Waals surface area contributed by atoms with E-state index in [9.17, 15) is 19.3 Å². The zero-order valence-corrected chi connectivity index (χ0v) is 19.2. The van der Waals surface area contributed by atoms with Crippen molar-refractivity contribution in [2.75, 3.05) is 6.61 Å². The average Bonchev–Trinajstić information content (AvgIpc) is 3.51. The van der Waals surface area contributed by atoms with Crippen LogP contribution in [0.15, 0.2) is 66.7 Å². The molecule has 174 valence electrons. The standard InChI is InChI=1S/C26H22ClFN2O4/c1-25(12-13-25)16-34-26(18-4-6-19(27)7-5-18)23-14-20(28)8-11-22(23)24(31)29(26)15-17-2-9-21(10-3-17)30(32)33/h2-11,14H,12-13,15-16H2,1H3. The Labute approximate surface area is 201 Å². The Morgan fingerprint density at radius 1 is 1.09 bits per heavy atom. The van der Waals surface area contributed by atoms with Crippen molar-refractivity contribution in [1.82, 2.24) is 4.90 Å². The van der Waals surface area contributed by atoms with E-state index >= 15 is 0 Å². The Bertz CT molecular complexity index is 1270. The van der Waals surface area contributed by atoms with Crippen LogP contribution in [0, 0.1) is 21.3 Å². The number of halogens is 2. The lowest BCUT2D eigenvalue weighted by atomic mass is 9.92. The molecule has 0 spiro atoms. The molecule has 34 heavy (non-hydrogen) atoms. The highest BCUT2D eigenvalue weighted by molar-refractivity contribution is 6.30. The quantitative estimate of drug-likeness (QED) is 0.304. The first-order chi connectivity index (χ1) is 16.2. The molecule has 1 amide bonds. The summed E-state index contributed by atoms with van der Waals surface area (Å²) in [5, 5.41) is 11.6. The van der Waals surface area contributed by atoms with Gasteiger partial charge in [-0.2, -0.15) is 0 Å². The molecule has 1 fully saturated rings. The molecule has 8 heteroatoms. The smallest absolute Gasteiger partial charge is 0.269 e. The first-order valence-corrected chi connectivity index (χ1v) is 11.4. The third-order valence-corrected chi connectivity index (χ3v) is 6.91. The molecular formula is C26H22ClFN2O4. The van der Waals surface area contributed by atoms with Crippen LogP contribution in [-0.4, -0.2) is 22.3 Å². The summed E-state index contributed by atoms with van der Waals surface area (Å²) in [7, 11) is 0. The van der Waals surface area contributed by atoms with E-state index in [1.165, 1.54) is 30.3 Å². The number of carbonyl (C=O) groups is 1. The number of benzene rings is 3. The van der Waals surface area contributed by atoms with Gasteiger partial charge in [0.25, 0.3) is 11.6 Å². The Balaban J connectivity index is 1.65. The summed E-state index contributed by atoms with van der Waals surface area (Å²) in [5.74, 6) is -0.771. The number of hydrogen-bond donors (Lipinski definition) is 0. The molecule has 1 unspecified atom stereocenters. The van der Waals surface area contributed by atoms with Gasteiger partial charge in [0.15, 0.2) is 5.72 Å². The van der Waals surface area contributed by atoms with E-state index in [1.54, 1.807) is 41.3 Å². The second-order valence-corrected chi connectivity index (χ2v) is 9.69. The maximum atomic E-state index is 14.5. The van der Waals surface area contributed by atoms with Crippen molar-refractivity contribution in [2.24, 2.45) is 5.41 Å². The summed E-state index contributed by atoms with van der Waals surface area (Å²) in [5.41, 5.74) is 0.728. The highest BCUT2D eigenvalue weighted by Gasteiger charge is 2.54. The Hall–Kier alpha value is -3.29. The van der Waals surface area contributed by atoms with E-state index in [0.29, 0.717) is 33.9 Å². The van der Waals surface area contributed by atoms with Crippen molar-refractivity contribution in [3.63, 3.8) is 0 Å². The molecule has 5 rings (SSSR count). The SMILES string of the molecule is CC1(COC2(c3ccc(Cl)cc3)c3cc(F)ccc3C(=O)N2Cc2ccc([N+](=O)[O-])cc2)CC1. The van der Waals surface area contributed by atoms with Gasteiger partial charge in [0.2, 0.25) is 0 Å². The van der Waals surface area contributed by atoms with Crippen LogP contribution in [0.3, 0.4) is 0 Å². The highest BCUT2D eigenvalue weighted by Crippen LogP contribution is 2.51. The van der Waals surface area contributed by atoms with E-state index in [-0.39, 0.29) is 23.6 Å². The summed E-state index contributed by atoms with van der Waals surface area (Å²) in [6.45, 7) is 2.62. The number of nitro benzene ring substituents is 1. The molecule has 1 aliphatic heterocycles. The molecular weight excluding hydrogens is 459 g/mol. The monoisotopic (exact) mass is 480 g/mol. The molecule has 1 atom stereocenters. The Morgan fingerprint density at radius 2 is 1.76 bits per heavy atom. The molecule has 1 aliphatic carbocycles. The second-order valence-electron chi connectivity index (χ2n) is 9.26. The maximum Gasteiger partial charge on any atom is 0.269 e. The molecule has 0 bridgehead atoms. The van der Waals surface area contributed by atoms with Gasteiger partial charge in [-0.3, -0.25) is 19.8 Å². The van der Waals surface area contributed by atoms with Crippen molar-refractivity contribution in [2.45, 2.75) is 32.0 Å². The van der Waals surface area contributed by atoms with Crippen LogP contribution in [0.5, 0.6) is 0 Å². The number of hydrogen-bond acceptors (Lipinski definition) is 4. The normalized spacial score (nSPS) is 20.3. The predicted molar refractivity (Wildman–Crippen MR) is 125 cm³/mol. The number of rotatable bonds is 7. The van der Waals surface area contributed by atoms with Crippen LogP contribution < -0.4 is 0 Å². The minimum Gasteiger partial charge on any atom is -0.346 e. The van der Waals surface area contributed by atoms with Gasteiger partial charge in [0.1, 0.15) is 5.82 Å². The van der Waals surface area contributed by atoms with Crippen molar-refractivity contribution >= 4 is 23.2 Å². The molecule has 0 N–H and O–H groups in total. The van der Waals surface area contributed by atoms with Gasteiger partial charge in [-0.05, 0) is 54.2 Å². The lowest BCUT2D eigenvalue weighted by molar-refractivity contribution is -0.384. The van der Waals surface area contributed by atoms with Crippen molar-refractivity contribution in [3.8, 4) is 0 Å². The molecule has 6 nitrogen and oxygen atoms in total. The molecule has 1 heterocycles. The van der Waals surface area contributed by atoms with Gasteiger partial charge in [-0.15, -0.1) is 0 Å². The minimum absolute atomic E-state index is 0.00240. The van der Waals surface area contributed by atoms with Crippen LogP contribution in [-0.2, 0) is 17.0 Å². The van der Waals surface area contributed by atoms with Gasteiger partial charge >= 0.3 is 0 Å². The lowest BCUT2D eigenvalue weighted by Gasteiger charge is -2.40. The first-order valence-electron chi connectivity index (χ1n) is 11.0. The summed E-state index contributed by atoms with van der Waals surface area (Å²) in [6, 6.07) is 17.1. The molecule has 2 aliphatic rings.